The van der Waals surface area contributed by atoms with Crippen LogP contribution in [-0.2, 0) is 4.79 Å². The molecule has 0 bridgehead atoms. The molecule has 1 amide bonds. The summed E-state index contributed by atoms with van der Waals surface area (Å²) in [6.45, 7) is 6.85. The molecule has 1 saturated carbocycles. The first-order valence-electron chi connectivity index (χ1n) is 7.24. The van der Waals surface area contributed by atoms with Crippen molar-refractivity contribution in [2.24, 2.45) is 17.8 Å². The van der Waals surface area contributed by atoms with Crippen LogP contribution in [0.2, 0.25) is 0 Å². The minimum atomic E-state index is 0.234. The zero-order chi connectivity index (χ0) is 13.0. The van der Waals surface area contributed by atoms with E-state index >= 15 is 0 Å². The van der Waals surface area contributed by atoms with Crippen molar-refractivity contribution in [1.29, 1.82) is 0 Å². The molecule has 1 heterocycles. The van der Waals surface area contributed by atoms with Crippen molar-refractivity contribution in [3.05, 3.63) is 0 Å². The predicted octanol–water partition coefficient (Wildman–Crippen LogP) is 1.88. The summed E-state index contributed by atoms with van der Waals surface area (Å²) in [6, 6.07) is 0.409. The van der Waals surface area contributed by atoms with Gasteiger partial charge in [0.25, 0.3) is 0 Å². The second-order valence-electron chi connectivity index (χ2n) is 5.98. The highest BCUT2D eigenvalue weighted by atomic mass is 32.2. The maximum Gasteiger partial charge on any atom is 0.230 e. The second kappa shape index (κ2) is 6.80. The molecule has 3 nitrogen and oxygen atoms in total. The van der Waals surface area contributed by atoms with E-state index in [1.54, 1.807) is 11.8 Å². The van der Waals surface area contributed by atoms with Gasteiger partial charge in [-0.1, -0.05) is 26.7 Å². The Morgan fingerprint density at radius 1 is 1.33 bits per heavy atom. The maximum absolute atomic E-state index is 11.9. The summed E-state index contributed by atoms with van der Waals surface area (Å²) in [5.41, 5.74) is 0. The standard InChI is InChI=1S/C14H26N2OS/c1-10-4-3-5-13(11(10)2)16-14(17)9-18-8-12-6-15-7-12/h10-13,15H,3-9H2,1-2H3,(H,16,17). The number of hydrogen-bond acceptors (Lipinski definition) is 3. The SMILES string of the molecule is CC1CCCC(NC(=O)CSCC2CNC2)C1C. The Bertz CT molecular complexity index is 281. The molecule has 18 heavy (non-hydrogen) atoms. The van der Waals surface area contributed by atoms with Gasteiger partial charge in [-0.15, -0.1) is 0 Å². The van der Waals surface area contributed by atoms with E-state index in [4.69, 9.17) is 0 Å². The predicted molar refractivity (Wildman–Crippen MR) is 77.8 cm³/mol. The second-order valence-corrected chi connectivity index (χ2v) is 7.01. The molecule has 3 atom stereocenters. The van der Waals surface area contributed by atoms with Gasteiger partial charge in [-0.05, 0) is 43.0 Å². The topological polar surface area (TPSA) is 41.1 Å². The molecular weight excluding hydrogens is 244 g/mol. The summed E-state index contributed by atoms with van der Waals surface area (Å²) in [5, 5.41) is 6.50. The van der Waals surface area contributed by atoms with Crippen LogP contribution in [0.25, 0.3) is 0 Å². The van der Waals surface area contributed by atoms with E-state index in [1.807, 2.05) is 0 Å². The van der Waals surface area contributed by atoms with Crippen LogP contribution < -0.4 is 10.6 Å². The van der Waals surface area contributed by atoms with Crippen molar-refractivity contribution in [1.82, 2.24) is 10.6 Å². The van der Waals surface area contributed by atoms with Crippen LogP contribution in [0, 0.1) is 17.8 Å². The largest absolute Gasteiger partial charge is 0.352 e. The summed E-state index contributed by atoms with van der Waals surface area (Å²) in [4.78, 5) is 11.9. The molecule has 0 aromatic carbocycles. The van der Waals surface area contributed by atoms with Crippen LogP contribution in [0.15, 0.2) is 0 Å². The van der Waals surface area contributed by atoms with Crippen LogP contribution in [0.5, 0.6) is 0 Å². The third kappa shape index (κ3) is 3.89. The average molecular weight is 270 g/mol. The number of amides is 1. The summed E-state index contributed by atoms with van der Waals surface area (Å²) in [7, 11) is 0. The highest BCUT2D eigenvalue weighted by molar-refractivity contribution is 7.99. The molecule has 0 aromatic heterocycles. The quantitative estimate of drug-likeness (QED) is 0.801. The zero-order valence-corrected chi connectivity index (χ0v) is 12.4. The summed E-state index contributed by atoms with van der Waals surface area (Å²) in [5.74, 6) is 4.15. The van der Waals surface area contributed by atoms with Crippen LogP contribution in [0.3, 0.4) is 0 Å². The molecule has 2 N–H and O–H groups in total. The Labute approximate surface area is 115 Å². The maximum atomic E-state index is 11.9. The molecule has 0 radical (unpaired) electrons. The van der Waals surface area contributed by atoms with Crippen molar-refractivity contribution in [2.75, 3.05) is 24.6 Å². The van der Waals surface area contributed by atoms with Gasteiger partial charge in [0.05, 0.1) is 5.75 Å². The first-order chi connectivity index (χ1) is 8.66. The summed E-state index contributed by atoms with van der Waals surface area (Å²) in [6.07, 6.45) is 3.74. The van der Waals surface area contributed by atoms with E-state index in [-0.39, 0.29) is 5.91 Å². The molecule has 4 heteroatoms. The van der Waals surface area contributed by atoms with Crippen LogP contribution in [0.4, 0.5) is 0 Å². The first kappa shape index (κ1) is 14.2. The highest BCUT2D eigenvalue weighted by Crippen LogP contribution is 2.29. The molecule has 2 aliphatic rings. The molecular formula is C14H26N2OS. The van der Waals surface area contributed by atoms with Gasteiger partial charge in [-0.2, -0.15) is 11.8 Å². The lowest BCUT2D eigenvalue weighted by Crippen LogP contribution is -2.45. The molecule has 3 unspecified atom stereocenters. The average Bonchev–Trinajstić information content (AvgIpc) is 2.28. The normalized spacial score (nSPS) is 32.9. The van der Waals surface area contributed by atoms with Gasteiger partial charge in [0.1, 0.15) is 0 Å². The lowest BCUT2D eigenvalue weighted by molar-refractivity contribution is -0.119. The molecule has 1 saturated heterocycles. The highest BCUT2D eigenvalue weighted by Gasteiger charge is 2.28. The number of carbonyl (C=O) groups is 1. The molecule has 2 rings (SSSR count). The van der Waals surface area contributed by atoms with Gasteiger partial charge in [0.2, 0.25) is 5.91 Å². The molecule has 104 valence electrons. The van der Waals surface area contributed by atoms with Gasteiger partial charge in [-0.25, -0.2) is 0 Å². The first-order valence-corrected chi connectivity index (χ1v) is 8.40. The molecule has 2 fully saturated rings. The lowest BCUT2D eigenvalue weighted by Gasteiger charge is -2.34. The molecule has 1 aliphatic carbocycles. The summed E-state index contributed by atoms with van der Waals surface area (Å²) < 4.78 is 0. The van der Waals surface area contributed by atoms with Gasteiger partial charge in [0.15, 0.2) is 0 Å². The Hall–Kier alpha value is -0.220. The van der Waals surface area contributed by atoms with E-state index in [2.05, 4.69) is 24.5 Å². The number of rotatable bonds is 5. The fourth-order valence-corrected chi connectivity index (χ4v) is 3.77. The Kier molecular flexibility index (Phi) is 5.37. The monoisotopic (exact) mass is 270 g/mol. The van der Waals surface area contributed by atoms with Gasteiger partial charge >= 0.3 is 0 Å². The zero-order valence-electron chi connectivity index (χ0n) is 11.6. The van der Waals surface area contributed by atoms with Crippen molar-refractivity contribution < 1.29 is 4.79 Å². The van der Waals surface area contributed by atoms with E-state index in [0.717, 1.165) is 37.1 Å². The Morgan fingerprint density at radius 3 is 2.78 bits per heavy atom. The third-order valence-corrected chi connectivity index (χ3v) is 5.68. The van der Waals surface area contributed by atoms with Gasteiger partial charge in [-0.3, -0.25) is 4.79 Å². The van der Waals surface area contributed by atoms with E-state index in [1.165, 1.54) is 12.8 Å². The van der Waals surface area contributed by atoms with Gasteiger partial charge < -0.3 is 10.6 Å². The number of nitrogens with one attached hydrogen (secondary N) is 2. The Balaban J connectivity index is 1.63. The number of hydrogen-bond donors (Lipinski definition) is 2. The van der Waals surface area contributed by atoms with E-state index < -0.39 is 0 Å². The minimum Gasteiger partial charge on any atom is -0.352 e. The molecule has 0 spiro atoms. The smallest absolute Gasteiger partial charge is 0.230 e. The third-order valence-electron chi connectivity index (χ3n) is 4.51. The number of thioether (sulfide) groups is 1. The van der Waals surface area contributed by atoms with Crippen molar-refractivity contribution in [3.63, 3.8) is 0 Å². The van der Waals surface area contributed by atoms with Gasteiger partial charge in [0, 0.05) is 6.04 Å². The van der Waals surface area contributed by atoms with Crippen LogP contribution in [-0.4, -0.2) is 36.5 Å². The molecule has 0 aromatic rings. The molecule has 1 aliphatic heterocycles. The fourth-order valence-electron chi connectivity index (χ4n) is 2.82. The van der Waals surface area contributed by atoms with Crippen LogP contribution >= 0.6 is 11.8 Å². The number of carbonyl (C=O) groups excluding carboxylic acids is 1. The van der Waals surface area contributed by atoms with Crippen molar-refractivity contribution in [2.45, 2.75) is 39.2 Å². The van der Waals surface area contributed by atoms with Crippen molar-refractivity contribution in [3.8, 4) is 0 Å². The summed E-state index contributed by atoms with van der Waals surface area (Å²) >= 11 is 1.78. The van der Waals surface area contributed by atoms with Crippen LogP contribution in [0.1, 0.15) is 33.1 Å². The Morgan fingerprint density at radius 2 is 2.11 bits per heavy atom. The lowest BCUT2D eigenvalue weighted by atomic mass is 9.78. The van der Waals surface area contributed by atoms with E-state index in [0.29, 0.717) is 17.7 Å². The fraction of sp³-hybridized carbons (Fsp3) is 0.929. The van der Waals surface area contributed by atoms with Crippen molar-refractivity contribution >= 4 is 17.7 Å². The minimum absolute atomic E-state index is 0.234. The van der Waals surface area contributed by atoms with E-state index in [9.17, 15) is 4.79 Å².